The Balaban J connectivity index is 2.45. The van der Waals surface area contributed by atoms with Crippen LogP contribution in [0.1, 0.15) is 36.1 Å². The number of aryl methyl sites for hydroxylation is 2. The normalized spacial score (nSPS) is 13.2. The molecule has 0 aliphatic heterocycles. The van der Waals surface area contributed by atoms with Crippen molar-refractivity contribution in [1.82, 2.24) is 4.98 Å². The summed E-state index contributed by atoms with van der Waals surface area (Å²) in [6.07, 6.45) is 0. The van der Waals surface area contributed by atoms with Gasteiger partial charge < -0.3 is 15.4 Å². The second kappa shape index (κ2) is 5.43. The molecule has 0 saturated carbocycles. The number of rotatable bonds is 2. The van der Waals surface area contributed by atoms with E-state index in [4.69, 9.17) is 10.4 Å². The van der Waals surface area contributed by atoms with Crippen LogP contribution in [0.25, 0.3) is 21.8 Å². The van der Waals surface area contributed by atoms with Gasteiger partial charge in [0.15, 0.2) is 0 Å². The maximum absolute atomic E-state index is 9.12. The van der Waals surface area contributed by atoms with Crippen LogP contribution in [0.3, 0.4) is 0 Å². The molecule has 2 aromatic carbocycles. The Kier molecular flexibility index (Phi) is 3.56. The minimum absolute atomic E-state index is 0.569. The Bertz CT molecular complexity index is 981. The molecule has 3 rings (SSSR count). The van der Waals surface area contributed by atoms with Crippen molar-refractivity contribution in [3.63, 3.8) is 0 Å². The molecule has 23 heavy (non-hydrogen) atoms. The second-order valence-electron chi connectivity index (χ2n) is 5.87. The summed E-state index contributed by atoms with van der Waals surface area (Å²) in [5.74, 6) is 0. The Morgan fingerprint density at radius 1 is 1.00 bits per heavy atom. The first kappa shape index (κ1) is 15.1. The molecule has 0 aliphatic rings. The molecule has 118 valence electrons. The number of nitrogens with zero attached hydrogens (tertiary/aromatic N) is 2. The molecule has 3 aromatic rings. The minimum Gasteiger partial charge on any atom is -0.411 e. The van der Waals surface area contributed by atoms with Crippen molar-refractivity contribution in [1.29, 1.82) is 0 Å². The van der Waals surface area contributed by atoms with Crippen molar-refractivity contribution >= 4 is 33.2 Å². The highest BCUT2D eigenvalue weighted by Gasteiger charge is 2.15. The number of nitrogens with one attached hydrogen (secondary N) is 1. The largest absolute Gasteiger partial charge is 0.411 e. The quantitative estimate of drug-likeness (QED) is 0.374. The number of oxime groups is 2. The van der Waals surface area contributed by atoms with Crippen LogP contribution in [0.5, 0.6) is 0 Å². The summed E-state index contributed by atoms with van der Waals surface area (Å²) in [4.78, 5) is 3.45. The first-order chi connectivity index (χ1) is 11.0. The van der Waals surface area contributed by atoms with Crippen molar-refractivity contribution in [3.8, 4) is 0 Å². The molecule has 0 bridgehead atoms. The van der Waals surface area contributed by atoms with Gasteiger partial charge in [0.05, 0.1) is 11.4 Å². The molecular weight excluding hydrogens is 290 g/mol. The van der Waals surface area contributed by atoms with Gasteiger partial charge in [-0.25, -0.2) is 0 Å². The SMILES string of the molecule is CC(=NO)c1ccc2[nH]c3c(C)cc(C(C)=NO)c(C)c3c2c1. The van der Waals surface area contributed by atoms with Gasteiger partial charge in [-0.05, 0) is 62.6 Å². The smallest absolute Gasteiger partial charge is 0.0839 e. The minimum atomic E-state index is 0.569. The first-order valence-electron chi connectivity index (χ1n) is 7.41. The fourth-order valence-electron chi connectivity index (χ4n) is 3.12. The van der Waals surface area contributed by atoms with Gasteiger partial charge >= 0.3 is 0 Å². The Morgan fingerprint density at radius 2 is 1.70 bits per heavy atom. The predicted octanol–water partition coefficient (Wildman–Crippen LogP) is 4.33. The molecule has 0 fully saturated rings. The van der Waals surface area contributed by atoms with Gasteiger partial charge in [0.1, 0.15) is 0 Å². The highest BCUT2D eigenvalue weighted by atomic mass is 16.4. The predicted molar refractivity (Wildman–Crippen MR) is 93.3 cm³/mol. The van der Waals surface area contributed by atoms with Crippen LogP contribution in [0, 0.1) is 13.8 Å². The molecule has 5 nitrogen and oxygen atoms in total. The number of hydrogen-bond donors (Lipinski definition) is 3. The average Bonchev–Trinajstić information content (AvgIpc) is 2.96. The van der Waals surface area contributed by atoms with Crippen LogP contribution in [-0.2, 0) is 0 Å². The van der Waals surface area contributed by atoms with Crippen molar-refractivity contribution in [2.45, 2.75) is 27.7 Å². The van der Waals surface area contributed by atoms with E-state index in [1.165, 1.54) is 0 Å². The van der Waals surface area contributed by atoms with E-state index in [0.29, 0.717) is 11.4 Å². The van der Waals surface area contributed by atoms with E-state index in [1.54, 1.807) is 13.8 Å². The van der Waals surface area contributed by atoms with Crippen LogP contribution in [0.15, 0.2) is 34.6 Å². The van der Waals surface area contributed by atoms with Gasteiger partial charge in [-0.2, -0.15) is 0 Å². The summed E-state index contributed by atoms with van der Waals surface area (Å²) in [6.45, 7) is 7.62. The van der Waals surface area contributed by atoms with Crippen molar-refractivity contribution in [2.24, 2.45) is 10.3 Å². The van der Waals surface area contributed by atoms with Crippen molar-refractivity contribution in [2.75, 3.05) is 0 Å². The summed E-state index contributed by atoms with van der Waals surface area (Å²) in [6, 6.07) is 7.97. The maximum atomic E-state index is 9.12. The highest BCUT2D eigenvalue weighted by Crippen LogP contribution is 2.33. The summed E-state index contributed by atoms with van der Waals surface area (Å²) >= 11 is 0. The summed E-state index contributed by atoms with van der Waals surface area (Å²) in [5, 5.41) is 26.9. The molecule has 0 radical (unpaired) electrons. The van der Waals surface area contributed by atoms with E-state index >= 15 is 0 Å². The van der Waals surface area contributed by atoms with Gasteiger partial charge in [-0.3, -0.25) is 0 Å². The van der Waals surface area contributed by atoms with Crippen LogP contribution < -0.4 is 0 Å². The zero-order valence-corrected chi connectivity index (χ0v) is 13.6. The van der Waals surface area contributed by atoms with Crippen LogP contribution in [0.2, 0.25) is 0 Å². The average molecular weight is 309 g/mol. The van der Waals surface area contributed by atoms with Gasteiger partial charge in [0.25, 0.3) is 0 Å². The monoisotopic (exact) mass is 309 g/mol. The van der Waals surface area contributed by atoms with Crippen molar-refractivity contribution < 1.29 is 10.4 Å². The van der Waals surface area contributed by atoms with Crippen LogP contribution >= 0.6 is 0 Å². The molecule has 0 atom stereocenters. The fourth-order valence-corrected chi connectivity index (χ4v) is 3.12. The van der Waals surface area contributed by atoms with E-state index < -0.39 is 0 Å². The lowest BCUT2D eigenvalue weighted by Crippen LogP contribution is -2.00. The Labute approximate surface area is 133 Å². The maximum Gasteiger partial charge on any atom is 0.0839 e. The number of H-pyrrole nitrogens is 1. The van der Waals surface area contributed by atoms with Crippen LogP contribution in [-0.4, -0.2) is 26.8 Å². The first-order valence-corrected chi connectivity index (χ1v) is 7.41. The molecule has 3 N–H and O–H groups in total. The zero-order valence-electron chi connectivity index (χ0n) is 13.6. The van der Waals surface area contributed by atoms with E-state index in [1.807, 2.05) is 38.1 Å². The lowest BCUT2D eigenvalue weighted by atomic mass is 9.95. The van der Waals surface area contributed by atoms with E-state index in [9.17, 15) is 0 Å². The van der Waals surface area contributed by atoms with E-state index in [2.05, 4.69) is 15.3 Å². The topological polar surface area (TPSA) is 81.0 Å². The molecule has 0 spiro atoms. The lowest BCUT2D eigenvalue weighted by Gasteiger charge is -2.09. The summed E-state index contributed by atoms with van der Waals surface area (Å²) < 4.78 is 0. The van der Waals surface area contributed by atoms with Gasteiger partial charge in [-0.1, -0.05) is 16.4 Å². The Hall–Kier alpha value is -2.82. The third-order valence-electron chi connectivity index (χ3n) is 4.44. The second-order valence-corrected chi connectivity index (χ2v) is 5.87. The molecule has 0 unspecified atom stereocenters. The third-order valence-corrected chi connectivity index (χ3v) is 4.44. The molecule has 5 heteroatoms. The van der Waals surface area contributed by atoms with E-state index in [-0.39, 0.29) is 0 Å². The lowest BCUT2D eigenvalue weighted by molar-refractivity contribution is 0.319. The van der Waals surface area contributed by atoms with Crippen LogP contribution in [0.4, 0.5) is 0 Å². The Morgan fingerprint density at radius 3 is 2.35 bits per heavy atom. The summed E-state index contributed by atoms with van der Waals surface area (Å²) in [7, 11) is 0. The van der Waals surface area contributed by atoms with Gasteiger partial charge in [0.2, 0.25) is 0 Å². The highest BCUT2D eigenvalue weighted by molar-refractivity contribution is 6.15. The number of hydrogen-bond acceptors (Lipinski definition) is 4. The molecule has 1 heterocycles. The number of aromatic amines is 1. The van der Waals surface area contributed by atoms with Crippen molar-refractivity contribution in [3.05, 3.63) is 46.5 Å². The van der Waals surface area contributed by atoms with E-state index in [0.717, 1.165) is 44.1 Å². The molecule has 0 aliphatic carbocycles. The molecular formula is C18H19N3O2. The number of benzene rings is 2. The number of fused-ring (bicyclic) bond motifs is 3. The summed E-state index contributed by atoms with van der Waals surface area (Å²) in [5.41, 5.74) is 7.20. The molecule has 0 amide bonds. The third kappa shape index (κ3) is 2.25. The van der Waals surface area contributed by atoms with Gasteiger partial charge in [-0.15, -0.1) is 0 Å². The molecule has 1 aromatic heterocycles. The standard InChI is InChI=1S/C18H19N3O2/c1-9-7-14(12(4)21-23)10(2)17-15-8-13(11(3)20-22)5-6-16(15)19-18(9)17/h5-8,19,22-23H,1-4H3. The van der Waals surface area contributed by atoms with Gasteiger partial charge in [0, 0.05) is 27.4 Å². The number of aromatic nitrogens is 1. The molecule has 0 saturated heterocycles. The zero-order chi connectivity index (χ0) is 16.7. The fraction of sp³-hybridized carbons (Fsp3) is 0.222.